The molecular weight excluding hydrogens is 330 g/mol. The summed E-state index contributed by atoms with van der Waals surface area (Å²) in [6.07, 6.45) is 8.85. The number of ether oxygens (including phenoxy) is 1. The molecule has 0 saturated carbocycles. The molecule has 2 heterocycles. The highest BCUT2D eigenvalue weighted by atomic mass is 16.5. The standard InChI is InChI=1S/C20H25N3O3/c1-16-14-21-23(15-16)20(19(24)25)9-12-22(13-10-20)11-3-4-17-5-7-18(26-2)8-6-17/h3-8,14-15H,9-13H2,1-2H3,(H,24,25). The second-order valence-electron chi connectivity index (χ2n) is 6.78. The molecule has 0 atom stereocenters. The Morgan fingerprint density at radius 3 is 2.54 bits per heavy atom. The van der Waals surface area contributed by atoms with Crippen molar-refractivity contribution < 1.29 is 14.6 Å². The topological polar surface area (TPSA) is 67.6 Å². The summed E-state index contributed by atoms with van der Waals surface area (Å²) in [5.74, 6) is 0.0473. The van der Waals surface area contributed by atoms with Crippen LogP contribution in [0.5, 0.6) is 5.75 Å². The molecular formula is C20H25N3O3. The number of aryl methyl sites for hydroxylation is 1. The smallest absolute Gasteiger partial charge is 0.331 e. The SMILES string of the molecule is COc1ccc(C=CCN2CCC(C(=O)O)(n3cc(C)cn3)CC2)cc1. The molecule has 1 aromatic carbocycles. The van der Waals surface area contributed by atoms with Crippen LogP contribution in [-0.2, 0) is 10.3 Å². The Bertz CT molecular complexity index is 772. The van der Waals surface area contributed by atoms with Crippen molar-refractivity contribution in [2.75, 3.05) is 26.7 Å². The van der Waals surface area contributed by atoms with Crippen LogP contribution in [0.1, 0.15) is 24.0 Å². The van der Waals surface area contributed by atoms with E-state index >= 15 is 0 Å². The third-order valence-corrected chi connectivity index (χ3v) is 5.02. The quantitative estimate of drug-likeness (QED) is 0.863. The van der Waals surface area contributed by atoms with E-state index in [2.05, 4.69) is 22.2 Å². The second-order valence-corrected chi connectivity index (χ2v) is 6.78. The van der Waals surface area contributed by atoms with E-state index in [0.717, 1.165) is 36.5 Å². The number of aliphatic carboxylic acids is 1. The highest BCUT2D eigenvalue weighted by Gasteiger charge is 2.43. The Hall–Kier alpha value is -2.60. The molecule has 6 nitrogen and oxygen atoms in total. The zero-order chi connectivity index (χ0) is 18.6. The van der Waals surface area contributed by atoms with Crippen LogP contribution in [0.15, 0.2) is 42.7 Å². The monoisotopic (exact) mass is 355 g/mol. The maximum Gasteiger partial charge on any atom is 0.331 e. The summed E-state index contributed by atoms with van der Waals surface area (Å²) >= 11 is 0. The minimum atomic E-state index is -0.926. The first kappa shape index (κ1) is 18.2. The Labute approximate surface area is 153 Å². The second kappa shape index (κ2) is 7.74. The van der Waals surface area contributed by atoms with Gasteiger partial charge in [0, 0.05) is 25.8 Å². The van der Waals surface area contributed by atoms with Crippen molar-refractivity contribution in [3.05, 3.63) is 53.9 Å². The van der Waals surface area contributed by atoms with Crippen LogP contribution in [0.3, 0.4) is 0 Å². The maximum absolute atomic E-state index is 11.9. The Morgan fingerprint density at radius 1 is 1.31 bits per heavy atom. The number of hydrogen-bond acceptors (Lipinski definition) is 4. The van der Waals surface area contributed by atoms with E-state index in [-0.39, 0.29) is 0 Å². The predicted molar refractivity (Wildman–Crippen MR) is 100 cm³/mol. The van der Waals surface area contributed by atoms with Crippen LogP contribution < -0.4 is 4.74 Å². The predicted octanol–water partition coefficient (Wildman–Crippen LogP) is 2.79. The van der Waals surface area contributed by atoms with Crippen molar-refractivity contribution in [1.82, 2.24) is 14.7 Å². The minimum absolute atomic E-state index is 0.555. The van der Waals surface area contributed by atoms with Crippen LogP contribution in [0.4, 0.5) is 0 Å². The number of methoxy groups -OCH3 is 1. The van der Waals surface area contributed by atoms with Gasteiger partial charge in [-0.25, -0.2) is 4.79 Å². The van der Waals surface area contributed by atoms with E-state index in [4.69, 9.17) is 4.74 Å². The molecule has 138 valence electrons. The van der Waals surface area contributed by atoms with Gasteiger partial charge in [-0.1, -0.05) is 24.3 Å². The van der Waals surface area contributed by atoms with Crippen molar-refractivity contribution in [3.63, 3.8) is 0 Å². The first-order valence-corrected chi connectivity index (χ1v) is 8.81. The van der Waals surface area contributed by atoms with Crippen molar-refractivity contribution in [2.24, 2.45) is 0 Å². The number of carboxylic acid groups (broad SMARTS) is 1. The van der Waals surface area contributed by atoms with E-state index in [1.165, 1.54) is 0 Å². The number of piperidine rings is 1. The lowest BCUT2D eigenvalue weighted by Crippen LogP contribution is -2.51. The minimum Gasteiger partial charge on any atom is -0.497 e. The molecule has 0 bridgehead atoms. The molecule has 26 heavy (non-hydrogen) atoms. The van der Waals surface area contributed by atoms with E-state index in [1.54, 1.807) is 18.0 Å². The molecule has 1 N–H and O–H groups in total. The van der Waals surface area contributed by atoms with Gasteiger partial charge in [-0.3, -0.25) is 9.58 Å². The van der Waals surface area contributed by atoms with Gasteiger partial charge in [-0.15, -0.1) is 0 Å². The van der Waals surface area contributed by atoms with E-state index in [9.17, 15) is 9.90 Å². The van der Waals surface area contributed by atoms with Crippen molar-refractivity contribution >= 4 is 12.0 Å². The maximum atomic E-state index is 11.9. The van der Waals surface area contributed by atoms with E-state index < -0.39 is 11.5 Å². The van der Waals surface area contributed by atoms with Crippen molar-refractivity contribution in [1.29, 1.82) is 0 Å². The summed E-state index contributed by atoms with van der Waals surface area (Å²) in [6, 6.07) is 7.91. The lowest BCUT2D eigenvalue weighted by atomic mass is 9.87. The van der Waals surface area contributed by atoms with Gasteiger partial charge in [0.05, 0.1) is 13.3 Å². The van der Waals surface area contributed by atoms with Gasteiger partial charge < -0.3 is 9.84 Å². The largest absolute Gasteiger partial charge is 0.497 e. The fraction of sp³-hybridized carbons (Fsp3) is 0.400. The van der Waals surface area contributed by atoms with Gasteiger partial charge in [0.25, 0.3) is 0 Å². The summed E-state index contributed by atoms with van der Waals surface area (Å²) in [6.45, 7) is 4.20. The van der Waals surface area contributed by atoms with Gasteiger partial charge in [0.15, 0.2) is 5.54 Å². The fourth-order valence-corrected chi connectivity index (χ4v) is 3.35. The number of hydrogen-bond donors (Lipinski definition) is 1. The zero-order valence-electron chi connectivity index (χ0n) is 15.3. The lowest BCUT2D eigenvalue weighted by Gasteiger charge is -2.38. The summed E-state index contributed by atoms with van der Waals surface area (Å²) in [7, 11) is 1.66. The number of rotatable bonds is 6. The molecule has 0 amide bonds. The van der Waals surface area contributed by atoms with Crippen LogP contribution in [0, 0.1) is 6.92 Å². The Morgan fingerprint density at radius 2 is 2.00 bits per heavy atom. The third kappa shape index (κ3) is 3.80. The van der Waals surface area contributed by atoms with Gasteiger partial charge in [0.1, 0.15) is 5.75 Å². The highest BCUT2D eigenvalue weighted by molar-refractivity contribution is 5.76. The van der Waals surface area contributed by atoms with Crippen LogP contribution in [0.2, 0.25) is 0 Å². The number of likely N-dealkylation sites (tertiary alicyclic amines) is 1. The molecule has 0 aliphatic carbocycles. The van der Waals surface area contributed by atoms with Crippen molar-refractivity contribution in [2.45, 2.75) is 25.3 Å². The molecule has 0 radical (unpaired) electrons. The summed E-state index contributed by atoms with van der Waals surface area (Å²) in [5.41, 5.74) is 1.18. The number of nitrogens with zero attached hydrogens (tertiary/aromatic N) is 3. The van der Waals surface area contributed by atoms with Crippen LogP contribution in [-0.4, -0.2) is 52.5 Å². The zero-order valence-corrected chi connectivity index (χ0v) is 15.3. The normalized spacial score (nSPS) is 17.5. The average molecular weight is 355 g/mol. The summed E-state index contributed by atoms with van der Waals surface area (Å²) in [5, 5.41) is 14.1. The van der Waals surface area contributed by atoms with Crippen molar-refractivity contribution in [3.8, 4) is 5.75 Å². The first-order valence-electron chi connectivity index (χ1n) is 8.81. The highest BCUT2D eigenvalue weighted by Crippen LogP contribution is 2.30. The van der Waals surface area contributed by atoms with E-state index in [0.29, 0.717) is 12.8 Å². The van der Waals surface area contributed by atoms with Crippen LogP contribution >= 0.6 is 0 Å². The Balaban J connectivity index is 1.58. The Kier molecular flexibility index (Phi) is 5.42. The third-order valence-electron chi connectivity index (χ3n) is 5.02. The van der Waals surface area contributed by atoms with Crippen LogP contribution in [0.25, 0.3) is 6.08 Å². The average Bonchev–Trinajstić information content (AvgIpc) is 3.09. The molecule has 3 rings (SSSR count). The van der Waals surface area contributed by atoms with Gasteiger partial charge in [0.2, 0.25) is 0 Å². The molecule has 0 spiro atoms. The number of carbonyl (C=O) groups is 1. The molecule has 1 aromatic heterocycles. The van der Waals surface area contributed by atoms with Gasteiger partial charge in [-0.2, -0.15) is 5.10 Å². The van der Waals surface area contributed by atoms with Gasteiger partial charge in [-0.05, 0) is 43.0 Å². The molecule has 1 saturated heterocycles. The number of benzene rings is 1. The molecule has 0 unspecified atom stereocenters. The molecule has 1 aliphatic heterocycles. The number of carboxylic acids is 1. The molecule has 1 fully saturated rings. The summed E-state index contributed by atoms with van der Waals surface area (Å²) < 4.78 is 6.79. The summed E-state index contributed by atoms with van der Waals surface area (Å²) in [4.78, 5) is 14.2. The molecule has 6 heteroatoms. The first-order chi connectivity index (χ1) is 12.5. The molecule has 2 aromatic rings. The van der Waals surface area contributed by atoms with Gasteiger partial charge >= 0.3 is 5.97 Å². The van der Waals surface area contributed by atoms with E-state index in [1.807, 2.05) is 37.4 Å². The fourth-order valence-electron chi connectivity index (χ4n) is 3.35. The lowest BCUT2D eigenvalue weighted by molar-refractivity contribution is -0.151. The molecule has 1 aliphatic rings. The number of aromatic nitrogens is 2.